The van der Waals surface area contributed by atoms with Crippen LogP contribution in [0.3, 0.4) is 0 Å². The molecule has 0 bridgehead atoms. The highest BCUT2D eigenvalue weighted by Crippen LogP contribution is 2.40. The lowest BCUT2D eigenvalue weighted by molar-refractivity contribution is -0.129. The van der Waals surface area contributed by atoms with Crippen molar-refractivity contribution in [3.8, 4) is 11.1 Å². The van der Waals surface area contributed by atoms with Crippen molar-refractivity contribution in [1.82, 2.24) is 15.2 Å². The molecule has 2 N–H and O–H groups in total. The van der Waals surface area contributed by atoms with E-state index in [0.29, 0.717) is 0 Å². The molecule has 4 rings (SSSR count). The largest absolute Gasteiger partial charge is 0.334 e. The minimum atomic E-state index is -1.06. The average molecular weight is 348 g/mol. The number of guanidine groups is 1. The quantitative estimate of drug-likeness (QED) is 0.764. The van der Waals surface area contributed by atoms with Crippen LogP contribution in [0.5, 0.6) is 0 Å². The number of aromatic nitrogens is 1. The summed E-state index contributed by atoms with van der Waals surface area (Å²) in [6, 6.07) is 15.5. The van der Waals surface area contributed by atoms with Crippen LogP contribution >= 0.6 is 11.3 Å². The number of amides is 1. The maximum atomic E-state index is 13.1. The summed E-state index contributed by atoms with van der Waals surface area (Å²) in [5.41, 5.74) is 1.79. The Hall–Kier alpha value is -2.99. The van der Waals surface area contributed by atoms with Crippen molar-refractivity contribution in [2.75, 3.05) is 7.05 Å². The van der Waals surface area contributed by atoms with Gasteiger partial charge >= 0.3 is 0 Å². The monoisotopic (exact) mass is 348 g/mol. The summed E-state index contributed by atoms with van der Waals surface area (Å²) in [7, 11) is 1.62. The lowest BCUT2D eigenvalue weighted by atomic mass is 9.87. The molecule has 3 heterocycles. The third-order valence-corrected chi connectivity index (χ3v) is 5.49. The first-order chi connectivity index (χ1) is 12.1. The van der Waals surface area contributed by atoms with Gasteiger partial charge in [0.15, 0.2) is 11.5 Å². The van der Waals surface area contributed by atoms with Gasteiger partial charge in [0.2, 0.25) is 0 Å². The third-order valence-electron chi connectivity index (χ3n) is 4.44. The molecule has 1 aliphatic rings. The molecule has 0 spiro atoms. The molecule has 2 aromatic heterocycles. The molecule has 3 aromatic rings. The molecule has 6 heteroatoms. The van der Waals surface area contributed by atoms with Crippen LogP contribution in [0, 0.1) is 5.41 Å². The Labute approximate surface area is 149 Å². The van der Waals surface area contributed by atoms with Crippen molar-refractivity contribution in [3.63, 3.8) is 0 Å². The van der Waals surface area contributed by atoms with Gasteiger partial charge < -0.3 is 5.32 Å². The van der Waals surface area contributed by atoms with E-state index in [1.165, 1.54) is 16.2 Å². The first kappa shape index (κ1) is 15.5. The van der Waals surface area contributed by atoms with E-state index in [-0.39, 0.29) is 11.9 Å². The van der Waals surface area contributed by atoms with Crippen LogP contribution in [0.4, 0.5) is 0 Å². The molecule has 1 amide bonds. The number of nitrogens with zero attached hydrogens (tertiary/aromatic N) is 2. The summed E-state index contributed by atoms with van der Waals surface area (Å²) in [4.78, 5) is 19.5. The molecule has 124 valence electrons. The van der Waals surface area contributed by atoms with Crippen molar-refractivity contribution in [2.24, 2.45) is 0 Å². The van der Waals surface area contributed by atoms with Crippen molar-refractivity contribution in [3.05, 3.63) is 76.7 Å². The molecular formula is C19H16N4OS. The predicted molar refractivity (Wildman–Crippen MR) is 98.4 cm³/mol. The van der Waals surface area contributed by atoms with E-state index in [1.807, 2.05) is 53.9 Å². The summed E-state index contributed by atoms with van der Waals surface area (Å²) < 4.78 is 0. The number of carbonyl (C=O) groups is 1. The van der Waals surface area contributed by atoms with E-state index in [9.17, 15) is 4.79 Å². The van der Waals surface area contributed by atoms with Gasteiger partial charge in [-0.25, -0.2) is 0 Å². The molecule has 25 heavy (non-hydrogen) atoms. The number of benzene rings is 1. The molecule has 0 aliphatic carbocycles. The van der Waals surface area contributed by atoms with Crippen LogP contribution in [-0.4, -0.2) is 28.8 Å². The Kier molecular flexibility index (Phi) is 3.62. The molecule has 0 radical (unpaired) electrons. The maximum absolute atomic E-state index is 13.1. The number of pyridine rings is 1. The Bertz CT molecular complexity index is 938. The van der Waals surface area contributed by atoms with Gasteiger partial charge in [0.25, 0.3) is 5.91 Å². The van der Waals surface area contributed by atoms with E-state index in [2.05, 4.69) is 10.3 Å². The minimum absolute atomic E-state index is 0.102. The Morgan fingerprint density at radius 2 is 1.96 bits per heavy atom. The Morgan fingerprint density at radius 3 is 2.60 bits per heavy atom. The zero-order chi connectivity index (χ0) is 17.4. The van der Waals surface area contributed by atoms with E-state index in [0.717, 1.165) is 21.6 Å². The fourth-order valence-electron chi connectivity index (χ4n) is 3.08. The maximum Gasteiger partial charge on any atom is 0.265 e. The minimum Gasteiger partial charge on any atom is -0.334 e. The number of hydrogen-bond acceptors (Lipinski definition) is 4. The van der Waals surface area contributed by atoms with Gasteiger partial charge in [-0.1, -0.05) is 36.4 Å². The summed E-state index contributed by atoms with van der Waals surface area (Å²) in [6.45, 7) is 0. The summed E-state index contributed by atoms with van der Waals surface area (Å²) in [5.74, 6) is -0.0477. The van der Waals surface area contributed by atoms with Gasteiger partial charge in [-0.15, -0.1) is 11.3 Å². The number of thiophene rings is 1. The first-order valence-corrected chi connectivity index (χ1v) is 8.71. The molecule has 1 aliphatic heterocycles. The number of likely N-dealkylation sites (N-methyl/N-ethyl adjacent to an activating group) is 1. The summed E-state index contributed by atoms with van der Waals surface area (Å²) in [6.07, 6.45) is 3.54. The zero-order valence-corrected chi connectivity index (χ0v) is 14.4. The SMILES string of the molecule is CN1C(=N)NC(c2ccccc2)(c2cc(-c3cccnc3)cs2)C1=O. The van der Waals surface area contributed by atoms with E-state index >= 15 is 0 Å². The highest BCUT2D eigenvalue weighted by molar-refractivity contribution is 7.10. The van der Waals surface area contributed by atoms with Gasteiger partial charge in [0.05, 0.1) is 0 Å². The Balaban J connectivity index is 1.88. The van der Waals surface area contributed by atoms with Gasteiger partial charge in [0.1, 0.15) is 0 Å². The van der Waals surface area contributed by atoms with Crippen LogP contribution in [-0.2, 0) is 10.3 Å². The molecule has 1 aromatic carbocycles. The zero-order valence-electron chi connectivity index (χ0n) is 13.6. The normalized spacial score (nSPS) is 20.0. The molecule has 1 atom stereocenters. The van der Waals surface area contributed by atoms with Gasteiger partial charge in [-0.3, -0.25) is 20.1 Å². The lowest BCUT2D eigenvalue weighted by Gasteiger charge is -2.26. The number of nitrogens with one attached hydrogen (secondary N) is 2. The van der Waals surface area contributed by atoms with Crippen LogP contribution in [0.2, 0.25) is 0 Å². The third kappa shape index (κ3) is 2.34. The summed E-state index contributed by atoms with van der Waals surface area (Å²) >= 11 is 1.51. The second kappa shape index (κ2) is 5.82. The highest BCUT2D eigenvalue weighted by Gasteiger charge is 2.51. The van der Waals surface area contributed by atoms with Gasteiger partial charge in [-0.2, -0.15) is 0 Å². The number of rotatable bonds is 3. The second-order valence-corrected chi connectivity index (χ2v) is 6.81. The predicted octanol–water partition coefficient (Wildman–Crippen LogP) is 3.05. The Morgan fingerprint density at radius 1 is 1.16 bits per heavy atom. The van der Waals surface area contributed by atoms with Crippen molar-refractivity contribution in [1.29, 1.82) is 5.41 Å². The van der Waals surface area contributed by atoms with Crippen molar-refractivity contribution >= 4 is 23.2 Å². The fourth-order valence-corrected chi connectivity index (χ4v) is 4.16. The smallest absolute Gasteiger partial charge is 0.265 e. The second-order valence-electron chi connectivity index (χ2n) is 5.90. The van der Waals surface area contributed by atoms with Gasteiger partial charge in [0, 0.05) is 29.9 Å². The molecule has 1 fully saturated rings. The first-order valence-electron chi connectivity index (χ1n) is 7.83. The molecular weight excluding hydrogens is 332 g/mol. The summed E-state index contributed by atoms with van der Waals surface area (Å²) in [5, 5.41) is 13.2. The lowest BCUT2D eigenvalue weighted by Crippen LogP contribution is -2.44. The number of hydrogen-bond donors (Lipinski definition) is 2. The van der Waals surface area contributed by atoms with E-state index in [1.54, 1.807) is 19.4 Å². The average Bonchev–Trinajstić information content (AvgIpc) is 3.24. The fraction of sp³-hybridized carbons (Fsp3) is 0.105. The standard InChI is InChI=1S/C19H16N4OS/c1-23-17(24)19(22-18(23)20,15-7-3-2-4-8-15)16-10-14(12-25-16)13-6-5-9-21-11-13/h2-12H,1H3,(H2,20,22). The van der Waals surface area contributed by atoms with Crippen LogP contribution < -0.4 is 5.32 Å². The van der Waals surface area contributed by atoms with Crippen molar-refractivity contribution < 1.29 is 4.79 Å². The molecule has 1 unspecified atom stereocenters. The van der Waals surface area contributed by atoms with Crippen LogP contribution in [0.15, 0.2) is 66.3 Å². The number of carbonyl (C=O) groups excluding carboxylic acids is 1. The molecule has 5 nitrogen and oxygen atoms in total. The van der Waals surface area contributed by atoms with Gasteiger partial charge in [-0.05, 0) is 28.6 Å². The van der Waals surface area contributed by atoms with E-state index < -0.39 is 5.54 Å². The molecule has 1 saturated heterocycles. The van der Waals surface area contributed by atoms with Crippen LogP contribution in [0.25, 0.3) is 11.1 Å². The topological polar surface area (TPSA) is 69.1 Å². The molecule has 0 saturated carbocycles. The van der Waals surface area contributed by atoms with Crippen LogP contribution in [0.1, 0.15) is 10.4 Å². The van der Waals surface area contributed by atoms with E-state index in [4.69, 9.17) is 5.41 Å². The van der Waals surface area contributed by atoms with Crippen molar-refractivity contribution in [2.45, 2.75) is 5.54 Å². The highest BCUT2D eigenvalue weighted by atomic mass is 32.1.